The number of nitrogens with zero attached hydrogens (tertiary/aromatic N) is 2. The number of amides is 1. The zero-order chi connectivity index (χ0) is 20.1. The zero-order valence-corrected chi connectivity index (χ0v) is 17.3. The maximum absolute atomic E-state index is 12.5. The van der Waals surface area contributed by atoms with Crippen LogP contribution in [0.25, 0.3) is 0 Å². The van der Waals surface area contributed by atoms with Gasteiger partial charge in [0.1, 0.15) is 11.5 Å². The maximum atomic E-state index is 12.5. The van der Waals surface area contributed by atoms with Gasteiger partial charge in [-0.1, -0.05) is 17.7 Å². The summed E-state index contributed by atoms with van der Waals surface area (Å²) < 4.78 is 10.6. The first-order valence-corrected chi connectivity index (χ1v) is 9.63. The molecule has 1 aliphatic rings. The quantitative estimate of drug-likeness (QED) is 0.800. The summed E-state index contributed by atoms with van der Waals surface area (Å²) in [7, 11) is 3.24. The fraction of sp³-hybridized carbons (Fsp3) is 0.381. The van der Waals surface area contributed by atoms with Crippen LogP contribution in [0, 0.1) is 6.92 Å². The molecule has 1 N–H and O–H groups in total. The Balaban J connectivity index is 1.55. The van der Waals surface area contributed by atoms with Crippen molar-refractivity contribution in [3.8, 4) is 11.5 Å². The summed E-state index contributed by atoms with van der Waals surface area (Å²) in [5.74, 6) is 1.35. The molecule has 1 aliphatic heterocycles. The van der Waals surface area contributed by atoms with E-state index in [0.29, 0.717) is 23.0 Å². The molecule has 0 bridgehead atoms. The Hall–Kier alpha value is -2.44. The van der Waals surface area contributed by atoms with E-state index in [1.54, 1.807) is 20.3 Å². The van der Waals surface area contributed by atoms with E-state index in [9.17, 15) is 4.79 Å². The summed E-state index contributed by atoms with van der Waals surface area (Å²) in [5, 5.41) is 3.55. The predicted octanol–water partition coefficient (Wildman–Crippen LogP) is 3.43. The van der Waals surface area contributed by atoms with Crippen molar-refractivity contribution in [1.29, 1.82) is 0 Å². The monoisotopic (exact) mass is 403 g/mol. The first-order valence-electron chi connectivity index (χ1n) is 9.25. The largest absolute Gasteiger partial charge is 0.497 e. The smallest absolute Gasteiger partial charge is 0.238 e. The molecule has 3 rings (SSSR count). The van der Waals surface area contributed by atoms with Crippen LogP contribution in [-0.4, -0.2) is 57.8 Å². The Morgan fingerprint density at radius 3 is 2.54 bits per heavy atom. The number of ether oxygens (including phenoxy) is 2. The fourth-order valence-corrected chi connectivity index (χ4v) is 3.45. The number of methoxy groups -OCH3 is 2. The van der Waals surface area contributed by atoms with Crippen LogP contribution < -0.4 is 19.7 Å². The number of hydrogen-bond donors (Lipinski definition) is 1. The van der Waals surface area contributed by atoms with Crippen molar-refractivity contribution in [2.24, 2.45) is 0 Å². The minimum atomic E-state index is -0.0603. The predicted molar refractivity (Wildman–Crippen MR) is 113 cm³/mol. The van der Waals surface area contributed by atoms with Crippen LogP contribution >= 0.6 is 11.6 Å². The van der Waals surface area contributed by atoms with E-state index in [1.165, 1.54) is 0 Å². The second kappa shape index (κ2) is 9.17. The molecule has 6 nitrogen and oxygen atoms in total. The molecule has 28 heavy (non-hydrogen) atoms. The van der Waals surface area contributed by atoms with Crippen molar-refractivity contribution in [3.63, 3.8) is 0 Å². The fourth-order valence-electron chi connectivity index (χ4n) is 3.29. The number of nitrogens with one attached hydrogen (secondary N) is 1. The molecule has 0 spiro atoms. The molecule has 1 heterocycles. The van der Waals surface area contributed by atoms with Crippen molar-refractivity contribution in [3.05, 3.63) is 47.0 Å². The average molecular weight is 404 g/mol. The molecule has 1 saturated heterocycles. The van der Waals surface area contributed by atoms with Gasteiger partial charge in [0.25, 0.3) is 0 Å². The highest BCUT2D eigenvalue weighted by atomic mass is 35.5. The molecular weight excluding hydrogens is 378 g/mol. The van der Waals surface area contributed by atoms with Crippen LogP contribution in [0.3, 0.4) is 0 Å². The van der Waals surface area contributed by atoms with E-state index in [2.05, 4.69) is 21.2 Å². The molecule has 0 aromatic heterocycles. The molecule has 0 unspecified atom stereocenters. The van der Waals surface area contributed by atoms with Crippen molar-refractivity contribution in [2.45, 2.75) is 6.92 Å². The standard InChI is InChI=1S/C21H26ClN3O3/c1-15-11-19(20(28-3)13-18(15)22)23-21(26)14-24-7-9-25(10-8-24)16-5-4-6-17(12-16)27-2/h4-6,11-13H,7-10,14H2,1-3H3,(H,23,26). The summed E-state index contributed by atoms with van der Waals surface area (Å²) in [6, 6.07) is 11.6. The lowest BCUT2D eigenvalue weighted by Gasteiger charge is -2.35. The summed E-state index contributed by atoms with van der Waals surface area (Å²) in [6.45, 7) is 5.61. The number of anilines is 2. The van der Waals surface area contributed by atoms with E-state index in [0.717, 1.165) is 43.2 Å². The van der Waals surface area contributed by atoms with Gasteiger partial charge < -0.3 is 19.7 Å². The third-order valence-corrected chi connectivity index (χ3v) is 5.32. The number of hydrogen-bond acceptors (Lipinski definition) is 5. The number of carbonyl (C=O) groups excluding carboxylic acids is 1. The lowest BCUT2D eigenvalue weighted by atomic mass is 10.2. The lowest BCUT2D eigenvalue weighted by molar-refractivity contribution is -0.117. The lowest BCUT2D eigenvalue weighted by Crippen LogP contribution is -2.48. The summed E-state index contributed by atoms with van der Waals surface area (Å²) in [4.78, 5) is 17.0. The van der Waals surface area contributed by atoms with Crippen LogP contribution in [0.2, 0.25) is 5.02 Å². The number of benzene rings is 2. The number of piperazine rings is 1. The van der Waals surface area contributed by atoms with Gasteiger partial charge in [-0.2, -0.15) is 0 Å². The van der Waals surface area contributed by atoms with Gasteiger partial charge in [-0.15, -0.1) is 0 Å². The number of halogens is 1. The van der Waals surface area contributed by atoms with Crippen LogP contribution in [-0.2, 0) is 4.79 Å². The van der Waals surface area contributed by atoms with Crippen LogP contribution in [0.1, 0.15) is 5.56 Å². The van der Waals surface area contributed by atoms with Gasteiger partial charge in [0.15, 0.2) is 0 Å². The van der Waals surface area contributed by atoms with Crippen molar-refractivity contribution in [1.82, 2.24) is 4.90 Å². The molecule has 150 valence electrons. The van der Waals surface area contributed by atoms with E-state index in [1.807, 2.05) is 31.2 Å². The topological polar surface area (TPSA) is 54.0 Å². The summed E-state index contributed by atoms with van der Waals surface area (Å²) >= 11 is 6.13. The first-order chi connectivity index (χ1) is 13.5. The van der Waals surface area contributed by atoms with E-state index >= 15 is 0 Å². The van der Waals surface area contributed by atoms with Gasteiger partial charge in [-0.25, -0.2) is 0 Å². The van der Waals surface area contributed by atoms with Gasteiger partial charge in [0, 0.05) is 49.0 Å². The molecule has 7 heteroatoms. The second-order valence-electron chi connectivity index (χ2n) is 6.81. The van der Waals surface area contributed by atoms with Gasteiger partial charge in [-0.05, 0) is 30.7 Å². The van der Waals surface area contributed by atoms with Crippen LogP contribution in [0.15, 0.2) is 36.4 Å². The van der Waals surface area contributed by atoms with E-state index in [-0.39, 0.29) is 5.91 Å². The minimum absolute atomic E-state index is 0.0603. The summed E-state index contributed by atoms with van der Waals surface area (Å²) in [5.41, 5.74) is 2.68. The molecular formula is C21H26ClN3O3. The number of aryl methyl sites for hydroxylation is 1. The van der Waals surface area contributed by atoms with Gasteiger partial charge >= 0.3 is 0 Å². The maximum Gasteiger partial charge on any atom is 0.238 e. The minimum Gasteiger partial charge on any atom is -0.497 e. The van der Waals surface area contributed by atoms with Gasteiger partial charge in [-0.3, -0.25) is 9.69 Å². The zero-order valence-electron chi connectivity index (χ0n) is 16.5. The first kappa shape index (κ1) is 20.3. The van der Waals surface area contributed by atoms with Gasteiger partial charge in [0.05, 0.1) is 26.5 Å². The number of carbonyl (C=O) groups is 1. The van der Waals surface area contributed by atoms with Crippen LogP contribution in [0.4, 0.5) is 11.4 Å². The molecule has 0 saturated carbocycles. The van der Waals surface area contributed by atoms with E-state index < -0.39 is 0 Å². The Labute approximate surface area is 171 Å². The Bertz CT molecular complexity index is 836. The normalized spacial score (nSPS) is 14.6. The van der Waals surface area contributed by atoms with Crippen LogP contribution in [0.5, 0.6) is 11.5 Å². The molecule has 0 radical (unpaired) electrons. The highest BCUT2D eigenvalue weighted by molar-refractivity contribution is 6.31. The molecule has 0 atom stereocenters. The molecule has 0 aliphatic carbocycles. The van der Waals surface area contributed by atoms with Crippen molar-refractivity contribution >= 4 is 28.9 Å². The molecule has 2 aromatic rings. The average Bonchev–Trinajstić information content (AvgIpc) is 2.71. The third kappa shape index (κ3) is 4.88. The Kier molecular flexibility index (Phi) is 6.65. The van der Waals surface area contributed by atoms with Crippen molar-refractivity contribution < 1.29 is 14.3 Å². The molecule has 2 aromatic carbocycles. The Morgan fingerprint density at radius 1 is 1.11 bits per heavy atom. The van der Waals surface area contributed by atoms with Crippen molar-refractivity contribution in [2.75, 3.05) is 57.2 Å². The molecule has 1 fully saturated rings. The highest BCUT2D eigenvalue weighted by Crippen LogP contribution is 2.31. The second-order valence-corrected chi connectivity index (χ2v) is 7.22. The van der Waals surface area contributed by atoms with E-state index in [4.69, 9.17) is 21.1 Å². The SMILES string of the molecule is COc1cccc(N2CCN(CC(=O)Nc3cc(C)c(Cl)cc3OC)CC2)c1. The Morgan fingerprint density at radius 2 is 1.86 bits per heavy atom. The molecule has 1 amide bonds. The highest BCUT2D eigenvalue weighted by Gasteiger charge is 2.20. The summed E-state index contributed by atoms with van der Waals surface area (Å²) in [6.07, 6.45) is 0. The van der Waals surface area contributed by atoms with Gasteiger partial charge in [0.2, 0.25) is 5.91 Å². The third-order valence-electron chi connectivity index (χ3n) is 4.91. The number of rotatable bonds is 6.